The molecule has 1 heterocycles. The highest BCUT2D eigenvalue weighted by Crippen LogP contribution is 2.25. The Labute approximate surface area is 126 Å². The SMILES string of the molecule is CNc1ncc(Br)c(N(CCO)Cc2ccccc2)n1. The van der Waals surface area contributed by atoms with Crippen molar-refractivity contribution in [1.29, 1.82) is 0 Å². The third-order valence-electron chi connectivity index (χ3n) is 2.83. The quantitative estimate of drug-likeness (QED) is 0.847. The van der Waals surface area contributed by atoms with Gasteiger partial charge in [-0.1, -0.05) is 30.3 Å². The van der Waals surface area contributed by atoms with Crippen molar-refractivity contribution < 1.29 is 5.11 Å². The smallest absolute Gasteiger partial charge is 0.224 e. The summed E-state index contributed by atoms with van der Waals surface area (Å²) in [6.45, 7) is 1.26. The number of rotatable bonds is 6. The number of halogens is 1. The second kappa shape index (κ2) is 7.21. The molecule has 0 fully saturated rings. The van der Waals surface area contributed by atoms with E-state index in [-0.39, 0.29) is 6.61 Å². The molecule has 0 aliphatic carbocycles. The maximum Gasteiger partial charge on any atom is 0.224 e. The van der Waals surface area contributed by atoms with E-state index in [0.717, 1.165) is 15.9 Å². The van der Waals surface area contributed by atoms with E-state index in [9.17, 15) is 5.11 Å². The molecule has 6 heteroatoms. The highest BCUT2D eigenvalue weighted by atomic mass is 79.9. The summed E-state index contributed by atoms with van der Waals surface area (Å²) in [6, 6.07) is 10.1. The summed E-state index contributed by atoms with van der Waals surface area (Å²) in [7, 11) is 1.78. The average molecular weight is 337 g/mol. The van der Waals surface area contributed by atoms with Crippen molar-refractivity contribution in [2.24, 2.45) is 0 Å². The molecule has 5 nitrogen and oxygen atoms in total. The van der Waals surface area contributed by atoms with Crippen molar-refractivity contribution in [1.82, 2.24) is 9.97 Å². The van der Waals surface area contributed by atoms with Crippen molar-refractivity contribution in [3.05, 3.63) is 46.6 Å². The van der Waals surface area contributed by atoms with Gasteiger partial charge in [0.2, 0.25) is 5.95 Å². The van der Waals surface area contributed by atoms with Gasteiger partial charge in [0.25, 0.3) is 0 Å². The van der Waals surface area contributed by atoms with E-state index in [4.69, 9.17) is 0 Å². The lowest BCUT2D eigenvalue weighted by Crippen LogP contribution is -2.27. The zero-order valence-electron chi connectivity index (χ0n) is 11.3. The Kier molecular flexibility index (Phi) is 5.31. The molecule has 0 saturated heterocycles. The number of hydrogen-bond donors (Lipinski definition) is 2. The summed E-state index contributed by atoms with van der Waals surface area (Å²) in [5.41, 5.74) is 1.16. The molecule has 0 spiro atoms. The second-order valence-corrected chi connectivity index (χ2v) is 5.10. The van der Waals surface area contributed by atoms with E-state index in [1.807, 2.05) is 23.1 Å². The summed E-state index contributed by atoms with van der Waals surface area (Å²) in [6.07, 6.45) is 1.71. The molecular weight excluding hydrogens is 320 g/mol. The monoisotopic (exact) mass is 336 g/mol. The lowest BCUT2D eigenvalue weighted by Gasteiger charge is -2.24. The van der Waals surface area contributed by atoms with Crippen molar-refractivity contribution >= 4 is 27.7 Å². The third-order valence-corrected chi connectivity index (χ3v) is 3.39. The fourth-order valence-electron chi connectivity index (χ4n) is 1.88. The van der Waals surface area contributed by atoms with Crippen LogP contribution in [0.1, 0.15) is 5.56 Å². The molecule has 0 unspecified atom stereocenters. The molecule has 0 amide bonds. The average Bonchev–Trinajstić information content (AvgIpc) is 2.48. The highest BCUT2D eigenvalue weighted by Gasteiger charge is 2.13. The first-order valence-corrected chi connectivity index (χ1v) is 7.14. The molecule has 1 aromatic carbocycles. The molecule has 0 saturated carbocycles. The lowest BCUT2D eigenvalue weighted by atomic mass is 10.2. The number of aliphatic hydroxyl groups excluding tert-OH is 1. The van der Waals surface area contributed by atoms with Gasteiger partial charge in [-0.05, 0) is 21.5 Å². The summed E-state index contributed by atoms with van der Waals surface area (Å²) < 4.78 is 0.806. The first-order valence-electron chi connectivity index (χ1n) is 6.34. The van der Waals surface area contributed by atoms with Gasteiger partial charge < -0.3 is 15.3 Å². The topological polar surface area (TPSA) is 61.3 Å². The van der Waals surface area contributed by atoms with Crippen LogP contribution in [0, 0.1) is 0 Å². The molecule has 0 atom stereocenters. The second-order valence-electron chi connectivity index (χ2n) is 4.25. The largest absolute Gasteiger partial charge is 0.395 e. The zero-order valence-corrected chi connectivity index (χ0v) is 12.8. The first kappa shape index (κ1) is 14.7. The Balaban J connectivity index is 2.28. The van der Waals surface area contributed by atoms with E-state index in [1.54, 1.807) is 13.2 Å². The van der Waals surface area contributed by atoms with Crippen LogP contribution in [0.25, 0.3) is 0 Å². The van der Waals surface area contributed by atoms with Gasteiger partial charge in [-0.15, -0.1) is 0 Å². The van der Waals surface area contributed by atoms with Crippen molar-refractivity contribution in [2.75, 3.05) is 30.4 Å². The van der Waals surface area contributed by atoms with Gasteiger partial charge in [-0.25, -0.2) is 4.98 Å². The van der Waals surface area contributed by atoms with Gasteiger partial charge >= 0.3 is 0 Å². The predicted octanol–water partition coefficient (Wildman–Crippen LogP) is 2.28. The summed E-state index contributed by atoms with van der Waals surface area (Å²) in [5, 5.41) is 12.2. The van der Waals surface area contributed by atoms with Crippen LogP contribution in [0.4, 0.5) is 11.8 Å². The number of anilines is 2. The first-order chi connectivity index (χ1) is 9.74. The number of benzene rings is 1. The van der Waals surface area contributed by atoms with Gasteiger partial charge in [0, 0.05) is 26.3 Å². The molecule has 2 rings (SSSR count). The van der Waals surface area contributed by atoms with Crippen LogP contribution in [0.5, 0.6) is 0 Å². The van der Waals surface area contributed by atoms with Crippen LogP contribution in [0.2, 0.25) is 0 Å². The Morgan fingerprint density at radius 1 is 1.30 bits per heavy atom. The minimum Gasteiger partial charge on any atom is -0.395 e. The molecule has 0 aliphatic heterocycles. The van der Waals surface area contributed by atoms with Crippen LogP contribution in [-0.2, 0) is 6.54 Å². The zero-order chi connectivity index (χ0) is 14.4. The number of hydrogen-bond acceptors (Lipinski definition) is 5. The van der Waals surface area contributed by atoms with Crippen LogP contribution in [0.3, 0.4) is 0 Å². The van der Waals surface area contributed by atoms with E-state index < -0.39 is 0 Å². The highest BCUT2D eigenvalue weighted by molar-refractivity contribution is 9.10. The fraction of sp³-hybridized carbons (Fsp3) is 0.286. The van der Waals surface area contributed by atoms with Gasteiger partial charge in [-0.2, -0.15) is 4.98 Å². The maximum absolute atomic E-state index is 9.28. The molecular formula is C14H17BrN4O. The molecule has 0 radical (unpaired) electrons. The minimum absolute atomic E-state index is 0.0676. The third kappa shape index (κ3) is 3.68. The number of nitrogens with one attached hydrogen (secondary N) is 1. The Morgan fingerprint density at radius 2 is 2.05 bits per heavy atom. The number of nitrogens with zero attached hydrogens (tertiary/aromatic N) is 3. The minimum atomic E-state index is 0.0676. The van der Waals surface area contributed by atoms with Crippen LogP contribution in [0.15, 0.2) is 41.0 Å². The van der Waals surface area contributed by atoms with Crippen LogP contribution < -0.4 is 10.2 Å². The van der Waals surface area contributed by atoms with Gasteiger partial charge in [0.15, 0.2) is 0 Å². The molecule has 20 heavy (non-hydrogen) atoms. The van der Waals surface area contributed by atoms with E-state index >= 15 is 0 Å². The van der Waals surface area contributed by atoms with Crippen molar-refractivity contribution in [3.8, 4) is 0 Å². The van der Waals surface area contributed by atoms with Crippen LogP contribution in [-0.4, -0.2) is 35.3 Å². The molecule has 2 aromatic rings. The Bertz CT molecular complexity index is 550. The van der Waals surface area contributed by atoms with E-state index in [2.05, 4.69) is 43.3 Å². The van der Waals surface area contributed by atoms with Gasteiger partial charge in [-0.3, -0.25) is 0 Å². The van der Waals surface area contributed by atoms with Crippen molar-refractivity contribution in [2.45, 2.75) is 6.54 Å². The summed E-state index contributed by atoms with van der Waals surface area (Å²) >= 11 is 3.47. The summed E-state index contributed by atoms with van der Waals surface area (Å²) in [5.74, 6) is 1.32. The number of aliphatic hydroxyl groups is 1. The van der Waals surface area contributed by atoms with Gasteiger partial charge in [0.05, 0.1) is 11.1 Å². The molecule has 0 bridgehead atoms. The Morgan fingerprint density at radius 3 is 2.70 bits per heavy atom. The number of aromatic nitrogens is 2. The Hall–Kier alpha value is -1.66. The molecule has 0 aliphatic rings. The van der Waals surface area contributed by atoms with Crippen LogP contribution >= 0.6 is 15.9 Å². The molecule has 2 N–H and O–H groups in total. The maximum atomic E-state index is 9.28. The standard InChI is InChI=1S/C14H17BrN4O/c1-16-14-17-9-12(15)13(18-14)19(7-8-20)10-11-5-3-2-4-6-11/h2-6,9,20H,7-8,10H2,1H3,(H,16,17,18). The lowest BCUT2D eigenvalue weighted by molar-refractivity contribution is 0.301. The molecule has 1 aromatic heterocycles. The normalized spacial score (nSPS) is 10.3. The fourth-order valence-corrected chi connectivity index (χ4v) is 2.33. The summed E-state index contributed by atoms with van der Waals surface area (Å²) in [4.78, 5) is 10.6. The van der Waals surface area contributed by atoms with E-state index in [0.29, 0.717) is 19.0 Å². The van der Waals surface area contributed by atoms with Crippen molar-refractivity contribution in [3.63, 3.8) is 0 Å². The molecule has 106 valence electrons. The van der Waals surface area contributed by atoms with Gasteiger partial charge in [0.1, 0.15) is 5.82 Å². The predicted molar refractivity (Wildman–Crippen MR) is 83.9 cm³/mol. The van der Waals surface area contributed by atoms with E-state index in [1.165, 1.54) is 0 Å².